The van der Waals surface area contributed by atoms with Crippen molar-refractivity contribution in [1.82, 2.24) is 0 Å². The van der Waals surface area contributed by atoms with E-state index in [1.807, 2.05) is 0 Å². The molecule has 0 fully saturated rings. The van der Waals surface area contributed by atoms with Crippen LogP contribution in [0, 0.1) is 13.8 Å². The fourth-order valence-electron chi connectivity index (χ4n) is 4.70. The minimum Gasteiger partial charge on any atom is -0.147 e. The summed E-state index contributed by atoms with van der Waals surface area (Å²) in [6.45, 7) is 6.77. The van der Waals surface area contributed by atoms with Crippen LogP contribution in [0.5, 0.6) is 0 Å². The van der Waals surface area contributed by atoms with Gasteiger partial charge in [0.05, 0.1) is 0 Å². The summed E-state index contributed by atoms with van der Waals surface area (Å²) in [7, 11) is 0. The number of aryl methyl sites for hydroxylation is 2. The molecule has 138 valence electrons. The molecule has 0 spiro atoms. The van der Waals surface area contributed by atoms with Gasteiger partial charge in [0.15, 0.2) is 0 Å². The molecule has 0 aliphatic heterocycles. The van der Waals surface area contributed by atoms with Crippen molar-refractivity contribution in [3.8, 4) is 0 Å². The van der Waals surface area contributed by atoms with Crippen LogP contribution in [0.25, 0.3) is 12.2 Å². The second-order valence-electron chi connectivity index (χ2n) is 8.88. The maximum absolute atomic E-state index is 3.07. The summed E-state index contributed by atoms with van der Waals surface area (Å²) in [5.41, 5.74) is 8.76. The van der Waals surface area contributed by atoms with Crippen molar-refractivity contribution in [2.75, 3.05) is 0 Å². The van der Waals surface area contributed by atoms with Gasteiger partial charge in [-0.15, -0.1) is 24.8 Å². The quantitative estimate of drug-likeness (QED) is 0.440. The molecule has 0 radical (unpaired) electrons. The average molecular weight is 483 g/mol. The van der Waals surface area contributed by atoms with Crippen LogP contribution in [0.2, 0.25) is 9.26 Å². The SMILES string of the molecule is Cc1ccc2c(c1)C=C[CH]2[Zr]([CH3])([CH3])(=[SiH2])[CH]1C=Cc2cc(C)ccc21.Cl.Cl. The maximum atomic E-state index is 2.66. The minimum atomic E-state index is -3.07. The van der Waals surface area contributed by atoms with E-state index in [-0.39, 0.29) is 24.8 Å². The van der Waals surface area contributed by atoms with Gasteiger partial charge < -0.3 is 0 Å². The molecular formula is C22H28Cl2SiZr. The van der Waals surface area contributed by atoms with E-state index in [0.717, 1.165) is 0 Å². The van der Waals surface area contributed by atoms with Crippen molar-refractivity contribution < 1.29 is 17.4 Å². The van der Waals surface area contributed by atoms with Crippen LogP contribution in [0.15, 0.2) is 48.6 Å². The molecule has 0 saturated heterocycles. The first-order valence-corrected chi connectivity index (χ1v) is 22.6. The van der Waals surface area contributed by atoms with Crippen LogP contribution < -0.4 is 0 Å². The Morgan fingerprint density at radius 1 is 0.731 bits per heavy atom. The Balaban J connectivity index is 0.00000121. The zero-order chi connectivity index (χ0) is 17.1. The molecular weight excluding hydrogens is 454 g/mol. The third kappa shape index (κ3) is 3.39. The monoisotopic (exact) mass is 480 g/mol. The van der Waals surface area contributed by atoms with E-state index in [4.69, 9.17) is 0 Å². The smallest absolute Gasteiger partial charge is 0.147 e. The molecule has 0 amide bonds. The van der Waals surface area contributed by atoms with Gasteiger partial charge in [0.25, 0.3) is 0 Å². The first-order chi connectivity index (χ1) is 11.2. The van der Waals surface area contributed by atoms with Gasteiger partial charge in [0.2, 0.25) is 0 Å². The standard InChI is InChI=1S/2C10H9.2CH3.2ClH.H2Si.Zr/c2*1-8-5-6-9-3-2-4-10(9)7-8;;;;;;/h2*2-7H,1H3;2*1H3;2*1H;1H2;. The second-order valence-corrected chi connectivity index (χ2v) is 39.6. The molecule has 0 N–H and O–H groups in total. The second kappa shape index (κ2) is 7.21. The molecule has 2 aromatic carbocycles. The van der Waals surface area contributed by atoms with Crippen LogP contribution >= 0.6 is 24.8 Å². The molecule has 0 nitrogen and oxygen atoms in total. The van der Waals surface area contributed by atoms with Crippen LogP contribution in [0.4, 0.5) is 0 Å². The average Bonchev–Trinajstić information content (AvgIpc) is 3.10. The molecule has 2 aliphatic rings. The maximum Gasteiger partial charge on any atom is -0.147 e. The Labute approximate surface area is 172 Å². The summed E-state index contributed by atoms with van der Waals surface area (Å²) in [6.07, 6.45) is 9.77. The van der Waals surface area contributed by atoms with Crippen molar-refractivity contribution in [3.05, 3.63) is 81.9 Å². The van der Waals surface area contributed by atoms with Crippen LogP contribution in [-0.4, -0.2) is 6.88 Å². The number of halogens is 2. The van der Waals surface area contributed by atoms with E-state index in [0.29, 0.717) is 7.25 Å². The van der Waals surface area contributed by atoms with E-state index in [9.17, 15) is 0 Å². The van der Waals surface area contributed by atoms with Crippen molar-refractivity contribution in [3.63, 3.8) is 0 Å². The Morgan fingerprint density at radius 2 is 1.12 bits per heavy atom. The van der Waals surface area contributed by atoms with Crippen molar-refractivity contribution >= 4 is 43.8 Å². The summed E-state index contributed by atoms with van der Waals surface area (Å²) < 4.78 is 6.60. The van der Waals surface area contributed by atoms with Gasteiger partial charge in [-0.3, -0.25) is 0 Å². The van der Waals surface area contributed by atoms with E-state index in [1.165, 1.54) is 22.3 Å². The van der Waals surface area contributed by atoms with Gasteiger partial charge in [-0.1, -0.05) is 0 Å². The summed E-state index contributed by atoms with van der Waals surface area (Å²) in [5, 5.41) is 0. The van der Waals surface area contributed by atoms with Gasteiger partial charge in [0.1, 0.15) is 0 Å². The molecule has 0 bridgehead atoms. The van der Waals surface area contributed by atoms with E-state index < -0.39 is 17.4 Å². The van der Waals surface area contributed by atoms with Gasteiger partial charge in [0, 0.05) is 0 Å². The molecule has 26 heavy (non-hydrogen) atoms. The van der Waals surface area contributed by atoms with Gasteiger partial charge >= 0.3 is 149 Å². The normalized spacial score (nSPS) is 20.2. The van der Waals surface area contributed by atoms with Crippen molar-refractivity contribution in [1.29, 1.82) is 0 Å². The topological polar surface area (TPSA) is 0 Å². The zero-order valence-electron chi connectivity index (χ0n) is 16.0. The number of benzene rings is 2. The Hall–Kier alpha value is -0.400. The fraction of sp³-hybridized carbons (Fsp3) is 0.273. The summed E-state index contributed by atoms with van der Waals surface area (Å²) in [5.74, 6) is 0. The molecule has 2 aromatic rings. The van der Waals surface area contributed by atoms with Crippen LogP contribution in [0.1, 0.15) is 40.6 Å². The van der Waals surface area contributed by atoms with Crippen molar-refractivity contribution in [2.24, 2.45) is 0 Å². The molecule has 4 rings (SSSR count). The molecule has 0 saturated carbocycles. The molecule has 0 aromatic heterocycles. The van der Waals surface area contributed by atoms with Gasteiger partial charge in [-0.05, 0) is 0 Å². The third-order valence-electron chi connectivity index (χ3n) is 6.13. The molecule has 2 atom stereocenters. The van der Waals surface area contributed by atoms with E-state index >= 15 is 0 Å². The van der Waals surface area contributed by atoms with Crippen LogP contribution in [-0.2, 0) is 17.4 Å². The number of hydrogen-bond acceptors (Lipinski definition) is 0. The summed E-state index contributed by atoms with van der Waals surface area (Å²) in [6, 6.07) is 14.0. The number of rotatable bonds is 2. The number of fused-ring (bicyclic) bond motifs is 2. The molecule has 2 unspecified atom stereocenters. The fourth-order valence-corrected chi connectivity index (χ4v) is 19.8. The predicted molar refractivity (Wildman–Crippen MR) is 121 cm³/mol. The summed E-state index contributed by atoms with van der Waals surface area (Å²) in [4.78, 5) is 0. The molecule has 0 heterocycles. The summed E-state index contributed by atoms with van der Waals surface area (Å²) >= 11 is -3.07. The van der Waals surface area contributed by atoms with E-state index in [1.54, 1.807) is 11.1 Å². The number of hydrogen-bond donors (Lipinski definition) is 0. The van der Waals surface area contributed by atoms with Gasteiger partial charge in [-0.2, -0.15) is 0 Å². The third-order valence-corrected chi connectivity index (χ3v) is 23.9. The predicted octanol–water partition coefficient (Wildman–Crippen LogP) is 6.32. The van der Waals surface area contributed by atoms with Gasteiger partial charge in [-0.25, -0.2) is 0 Å². The zero-order valence-corrected chi connectivity index (χ0v) is 21.5. The first-order valence-electron chi connectivity index (χ1n) is 8.90. The Morgan fingerprint density at radius 3 is 1.50 bits per heavy atom. The molecule has 4 heteroatoms. The molecule has 2 aliphatic carbocycles. The minimum absolute atomic E-state index is 0. The Kier molecular flexibility index (Phi) is 6.07. The number of allylic oxidation sites excluding steroid dienone is 2. The first kappa shape index (κ1) is 21.9. The van der Waals surface area contributed by atoms with Crippen molar-refractivity contribution in [2.45, 2.75) is 30.4 Å². The van der Waals surface area contributed by atoms with Crippen LogP contribution in [0.3, 0.4) is 0 Å². The largest absolute Gasteiger partial charge is 0.147 e. The van der Waals surface area contributed by atoms with E-state index in [2.05, 4.69) is 90.7 Å². The Bertz CT molecular complexity index is 908.